The molecule has 1 aromatic carbocycles. The van der Waals surface area contributed by atoms with Gasteiger partial charge in [-0.3, -0.25) is 4.79 Å². The van der Waals surface area contributed by atoms with E-state index in [1.54, 1.807) is 6.07 Å². The minimum Gasteiger partial charge on any atom is -0.330 e. The van der Waals surface area contributed by atoms with Gasteiger partial charge >= 0.3 is 0 Å². The Morgan fingerprint density at radius 1 is 1.59 bits per heavy atom. The Labute approximate surface area is 109 Å². The van der Waals surface area contributed by atoms with Crippen molar-refractivity contribution in [1.82, 2.24) is 0 Å². The van der Waals surface area contributed by atoms with Gasteiger partial charge in [0.2, 0.25) is 5.91 Å². The zero-order chi connectivity index (χ0) is 13.0. The van der Waals surface area contributed by atoms with E-state index in [0.717, 1.165) is 5.56 Å². The Kier molecular flexibility index (Phi) is 5.08. The topological polar surface area (TPSA) is 55.1 Å². The van der Waals surface area contributed by atoms with Crippen LogP contribution >= 0.6 is 15.9 Å². The molecule has 0 heterocycles. The van der Waals surface area contributed by atoms with Crippen LogP contribution in [0.2, 0.25) is 0 Å². The van der Waals surface area contributed by atoms with Gasteiger partial charge in [-0.15, -0.1) is 0 Å². The Morgan fingerprint density at radius 2 is 2.24 bits per heavy atom. The molecule has 0 radical (unpaired) electrons. The van der Waals surface area contributed by atoms with Gasteiger partial charge in [0.1, 0.15) is 5.82 Å². The third kappa shape index (κ3) is 3.51. The summed E-state index contributed by atoms with van der Waals surface area (Å²) in [7, 11) is 0. The molecule has 5 heteroatoms. The fraction of sp³-hybridized carbons (Fsp3) is 0.417. The van der Waals surface area contributed by atoms with Crippen molar-refractivity contribution in [2.24, 2.45) is 11.7 Å². The van der Waals surface area contributed by atoms with Crippen molar-refractivity contribution in [3.8, 4) is 0 Å². The van der Waals surface area contributed by atoms with Gasteiger partial charge in [-0.1, -0.05) is 6.92 Å². The number of halogens is 2. The molecule has 0 aliphatic carbocycles. The minimum atomic E-state index is -0.397. The summed E-state index contributed by atoms with van der Waals surface area (Å²) in [4.78, 5) is 11.8. The quantitative estimate of drug-likeness (QED) is 0.898. The SMILES string of the molecule is CCC(CN)C(=O)Nc1cc(F)c(Br)cc1C. The highest BCUT2D eigenvalue weighted by molar-refractivity contribution is 9.10. The fourth-order valence-corrected chi connectivity index (χ4v) is 1.93. The Morgan fingerprint density at radius 3 is 2.76 bits per heavy atom. The van der Waals surface area contributed by atoms with Crippen molar-refractivity contribution < 1.29 is 9.18 Å². The summed E-state index contributed by atoms with van der Waals surface area (Å²) in [6, 6.07) is 2.94. The number of hydrogen-bond acceptors (Lipinski definition) is 2. The monoisotopic (exact) mass is 302 g/mol. The molecule has 0 aromatic heterocycles. The first-order chi connectivity index (χ1) is 7.99. The molecule has 1 rings (SSSR count). The Bertz CT molecular complexity index is 419. The smallest absolute Gasteiger partial charge is 0.228 e. The molecule has 0 bridgehead atoms. The van der Waals surface area contributed by atoms with Gasteiger partial charge in [-0.2, -0.15) is 0 Å². The highest BCUT2D eigenvalue weighted by Gasteiger charge is 2.16. The maximum Gasteiger partial charge on any atom is 0.228 e. The van der Waals surface area contributed by atoms with Gasteiger partial charge in [0.25, 0.3) is 0 Å². The van der Waals surface area contributed by atoms with Crippen LogP contribution in [0.1, 0.15) is 18.9 Å². The molecule has 3 N–H and O–H groups in total. The number of carbonyl (C=O) groups excluding carboxylic acids is 1. The van der Waals surface area contributed by atoms with Crippen LogP contribution in [0.3, 0.4) is 0 Å². The first-order valence-corrected chi connectivity index (χ1v) is 6.25. The number of benzene rings is 1. The van der Waals surface area contributed by atoms with Gasteiger partial charge in [0, 0.05) is 12.2 Å². The summed E-state index contributed by atoms with van der Waals surface area (Å²) in [5, 5.41) is 2.70. The predicted molar refractivity (Wildman–Crippen MR) is 70.3 cm³/mol. The molecular weight excluding hydrogens is 287 g/mol. The largest absolute Gasteiger partial charge is 0.330 e. The molecular formula is C12H16BrFN2O. The molecule has 0 saturated heterocycles. The molecule has 0 aliphatic heterocycles. The number of nitrogens with two attached hydrogens (primary N) is 1. The molecule has 1 aromatic rings. The minimum absolute atomic E-state index is 0.167. The van der Waals surface area contributed by atoms with Crippen LogP contribution in [-0.2, 0) is 4.79 Å². The van der Waals surface area contributed by atoms with Crippen LogP contribution in [0.25, 0.3) is 0 Å². The molecule has 0 spiro atoms. The maximum atomic E-state index is 13.4. The van der Waals surface area contributed by atoms with E-state index in [0.29, 0.717) is 23.1 Å². The predicted octanol–water partition coefficient (Wildman–Crippen LogP) is 2.82. The first-order valence-electron chi connectivity index (χ1n) is 5.46. The maximum absolute atomic E-state index is 13.4. The number of aryl methyl sites for hydroxylation is 1. The van der Waals surface area contributed by atoms with Gasteiger partial charge in [0.05, 0.1) is 10.4 Å². The third-order valence-corrected chi connectivity index (χ3v) is 3.28. The molecule has 1 amide bonds. The average molecular weight is 303 g/mol. The van der Waals surface area contributed by atoms with Crippen molar-refractivity contribution in [3.63, 3.8) is 0 Å². The van der Waals surface area contributed by atoms with E-state index in [9.17, 15) is 9.18 Å². The van der Waals surface area contributed by atoms with Gasteiger partial charge < -0.3 is 11.1 Å². The second-order valence-electron chi connectivity index (χ2n) is 3.91. The molecule has 0 fully saturated rings. The Hall–Kier alpha value is -0.940. The van der Waals surface area contributed by atoms with Crippen molar-refractivity contribution in [2.45, 2.75) is 20.3 Å². The number of anilines is 1. The molecule has 17 heavy (non-hydrogen) atoms. The van der Waals surface area contributed by atoms with E-state index in [2.05, 4.69) is 21.2 Å². The van der Waals surface area contributed by atoms with Crippen LogP contribution in [0, 0.1) is 18.7 Å². The van der Waals surface area contributed by atoms with Crippen molar-refractivity contribution >= 4 is 27.5 Å². The van der Waals surface area contributed by atoms with Gasteiger partial charge in [-0.05, 0) is 47.0 Å². The summed E-state index contributed by atoms with van der Waals surface area (Å²) < 4.78 is 13.7. The normalized spacial score (nSPS) is 12.3. The number of amides is 1. The van der Waals surface area contributed by atoms with Crippen molar-refractivity contribution in [3.05, 3.63) is 28.0 Å². The van der Waals surface area contributed by atoms with Crippen LogP contribution in [0.15, 0.2) is 16.6 Å². The van der Waals surface area contributed by atoms with Crippen molar-refractivity contribution in [1.29, 1.82) is 0 Å². The number of nitrogens with one attached hydrogen (secondary N) is 1. The molecule has 3 nitrogen and oxygen atoms in total. The zero-order valence-corrected chi connectivity index (χ0v) is 11.5. The van der Waals surface area contributed by atoms with E-state index >= 15 is 0 Å². The molecule has 0 saturated carbocycles. The number of rotatable bonds is 4. The lowest BCUT2D eigenvalue weighted by molar-refractivity contribution is -0.119. The van der Waals surface area contributed by atoms with E-state index in [1.807, 2.05) is 13.8 Å². The van der Waals surface area contributed by atoms with Gasteiger partial charge in [0.15, 0.2) is 0 Å². The van der Waals surface area contributed by atoms with Crippen LogP contribution in [0.4, 0.5) is 10.1 Å². The average Bonchev–Trinajstić information content (AvgIpc) is 2.27. The van der Waals surface area contributed by atoms with Crippen LogP contribution in [-0.4, -0.2) is 12.5 Å². The highest BCUT2D eigenvalue weighted by Crippen LogP contribution is 2.24. The Balaban J connectivity index is 2.88. The summed E-state index contributed by atoms with van der Waals surface area (Å²) in [6.45, 7) is 4.00. The third-order valence-electron chi connectivity index (χ3n) is 2.67. The molecule has 0 aliphatic rings. The summed E-state index contributed by atoms with van der Waals surface area (Å²) >= 11 is 3.09. The van der Waals surface area contributed by atoms with Crippen LogP contribution in [0.5, 0.6) is 0 Å². The van der Waals surface area contributed by atoms with Crippen LogP contribution < -0.4 is 11.1 Å². The second-order valence-corrected chi connectivity index (χ2v) is 4.77. The lowest BCUT2D eigenvalue weighted by atomic mass is 10.1. The molecule has 1 atom stereocenters. The standard InChI is InChI=1S/C12H16BrFN2O/c1-3-8(6-15)12(17)16-11-5-10(14)9(13)4-7(11)2/h4-5,8H,3,6,15H2,1-2H3,(H,16,17). The highest BCUT2D eigenvalue weighted by atomic mass is 79.9. The summed E-state index contributed by atoms with van der Waals surface area (Å²) in [5.41, 5.74) is 6.78. The fourth-order valence-electron chi connectivity index (χ4n) is 1.47. The van der Waals surface area contributed by atoms with E-state index in [1.165, 1.54) is 6.07 Å². The second kappa shape index (κ2) is 6.12. The lowest BCUT2D eigenvalue weighted by Gasteiger charge is -2.14. The first kappa shape index (κ1) is 14.1. The van der Waals surface area contributed by atoms with E-state index < -0.39 is 5.82 Å². The van der Waals surface area contributed by atoms with E-state index in [-0.39, 0.29) is 11.8 Å². The number of hydrogen-bond donors (Lipinski definition) is 2. The van der Waals surface area contributed by atoms with Gasteiger partial charge in [-0.25, -0.2) is 4.39 Å². The molecule has 94 valence electrons. The number of carbonyl (C=O) groups is 1. The van der Waals surface area contributed by atoms with Crippen molar-refractivity contribution in [2.75, 3.05) is 11.9 Å². The summed E-state index contributed by atoms with van der Waals surface area (Å²) in [6.07, 6.45) is 0.667. The summed E-state index contributed by atoms with van der Waals surface area (Å²) in [5.74, 6) is -0.798. The molecule has 1 unspecified atom stereocenters. The zero-order valence-electron chi connectivity index (χ0n) is 9.89. The lowest BCUT2D eigenvalue weighted by Crippen LogP contribution is -2.28. The van der Waals surface area contributed by atoms with E-state index in [4.69, 9.17) is 5.73 Å².